The van der Waals surface area contributed by atoms with E-state index in [1.807, 2.05) is 55.5 Å². The van der Waals surface area contributed by atoms with Gasteiger partial charge in [0.1, 0.15) is 0 Å². The third kappa shape index (κ3) is 5.65. The summed E-state index contributed by atoms with van der Waals surface area (Å²) < 4.78 is 29.9. The molecule has 0 unspecified atom stereocenters. The number of hydrogen-bond donors (Lipinski definition) is 0. The van der Waals surface area contributed by atoms with E-state index in [0.717, 1.165) is 5.56 Å². The van der Waals surface area contributed by atoms with Gasteiger partial charge < -0.3 is 23.7 Å². The van der Waals surface area contributed by atoms with Crippen LogP contribution in [0.1, 0.15) is 36.6 Å². The standard InChI is InChI=1S/C33H32N2O7S/c1-6-41-30-22(14-11-15-24(30)39-4)19-26-31(36)35-29(21-16-17-23(38-3)25(18-21)40-5)27(32(37)42-7-2)28(34-33(35)43-26)20-12-9-8-10-13-20/h8-19,29H,6-7H2,1-5H3/b26-19-/t29-/m0/s1. The summed E-state index contributed by atoms with van der Waals surface area (Å²) >= 11 is 1.23. The number of hydrogen-bond acceptors (Lipinski definition) is 9. The molecule has 9 nitrogen and oxygen atoms in total. The van der Waals surface area contributed by atoms with E-state index < -0.39 is 12.0 Å². The Bertz CT molecular complexity index is 1860. The van der Waals surface area contributed by atoms with Crippen molar-refractivity contribution in [3.8, 4) is 23.0 Å². The van der Waals surface area contributed by atoms with Crippen LogP contribution in [0.15, 0.2) is 82.1 Å². The van der Waals surface area contributed by atoms with Gasteiger partial charge in [0.2, 0.25) is 0 Å². The highest BCUT2D eigenvalue weighted by molar-refractivity contribution is 7.07. The molecule has 0 fully saturated rings. The van der Waals surface area contributed by atoms with Gasteiger partial charge in [-0.25, -0.2) is 9.79 Å². The molecule has 1 aliphatic rings. The quantitative estimate of drug-likeness (QED) is 0.250. The van der Waals surface area contributed by atoms with Gasteiger partial charge in [0.25, 0.3) is 5.56 Å². The second kappa shape index (κ2) is 13.0. The van der Waals surface area contributed by atoms with E-state index >= 15 is 0 Å². The van der Waals surface area contributed by atoms with E-state index in [1.54, 1.807) is 45.4 Å². The Morgan fingerprint density at radius 3 is 2.33 bits per heavy atom. The Balaban J connectivity index is 1.84. The van der Waals surface area contributed by atoms with Crippen LogP contribution < -0.4 is 33.8 Å². The van der Waals surface area contributed by atoms with E-state index in [-0.39, 0.29) is 17.7 Å². The highest BCUT2D eigenvalue weighted by Gasteiger charge is 2.35. The molecule has 0 aliphatic carbocycles. The second-order valence-corrected chi connectivity index (χ2v) is 10.4. The normalized spacial score (nSPS) is 14.5. The molecule has 0 bridgehead atoms. The van der Waals surface area contributed by atoms with Gasteiger partial charge in [0.15, 0.2) is 27.8 Å². The van der Waals surface area contributed by atoms with Crippen molar-refractivity contribution in [3.05, 3.63) is 109 Å². The summed E-state index contributed by atoms with van der Waals surface area (Å²) in [6, 6.07) is 19.4. The number of thiazole rings is 1. The summed E-state index contributed by atoms with van der Waals surface area (Å²) in [6.07, 6.45) is 1.76. The topological polar surface area (TPSA) is 97.6 Å². The van der Waals surface area contributed by atoms with Crippen LogP contribution in [0.3, 0.4) is 0 Å². The van der Waals surface area contributed by atoms with Crippen LogP contribution in [0.25, 0.3) is 11.8 Å². The van der Waals surface area contributed by atoms with Gasteiger partial charge in [0, 0.05) is 11.1 Å². The number of benzene rings is 3. The predicted molar refractivity (Wildman–Crippen MR) is 165 cm³/mol. The molecule has 1 atom stereocenters. The largest absolute Gasteiger partial charge is 0.493 e. The third-order valence-corrected chi connectivity index (χ3v) is 7.88. The van der Waals surface area contributed by atoms with Gasteiger partial charge in [-0.3, -0.25) is 9.36 Å². The first kappa shape index (κ1) is 29.7. The number of para-hydroxylation sites is 1. The molecule has 0 spiro atoms. The maximum atomic E-state index is 14.3. The minimum absolute atomic E-state index is 0.156. The van der Waals surface area contributed by atoms with Gasteiger partial charge in [0.05, 0.1) is 56.4 Å². The fourth-order valence-corrected chi connectivity index (χ4v) is 6.02. The Morgan fingerprint density at radius 2 is 1.65 bits per heavy atom. The van der Waals surface area contributed by atoms with Crippen molar-refractivity contribution < 1.29 is 28.5 Å². The van der Waals surface area contributed by atoms with E-state index in [4.69, 9.17) is 28.7 Å². The molecular formula is C33H32N2O7S. The van der Waals surface area contributed by atoms with E-state index in [0.29, 0.717) is 55.8 Å². The number of ether oxygens (including phenoxy) is 5. The third-order valence-electron chi connectivity index (χ3n) is 6.90. The van der Waals surface area contributed by atoms with Gasteiger partial charge in [-0.2, -0.15) is 0 Å². The number of rotatable bonds is 10. The van der Waals surface area contributed by atoms with Gasteiger partial charge in [-0.15, -0.1) is 0 Å². The number of methoxy groups -OCH3 is 3. The summed E-state index contributed by atoms with van der Waals surface area (Å²) in [4.78, 5) is 33.3. The fraction of sp³-hybridized carbons (Fsp3) is 0.242. The zero-order valence-electron chi connectivity index (χ0n) is 24.6. The summed E-state index contributed by atoms with van der Waals surface area (Å²) in [6.45, 7) is 4.20. The van der Waals surface area contributed by atoms with Gasteiger partial charge in [-0.05, 0) is 43.7 Å². The molecule has 0 N–H and O–H groups in total. The molecule has 1 aromatic heterocycles. The zero-order valence-corrected chi connectivity index (χ0v) is 25.4. The van der Waals surface area contributed by atoms with Crippen LogP contribution in [0, 0.1) is 0 Å². The van der Waals surface area contributed by atoms with E-state index in [1.165, 1.54) is 23.0 Å². The second-order valence-electron chi connectivity index (χ2n) is 9.36. The van der Waals surface area contributed by atoms with Crippen molar-refractivity contribution in [2.24, 2.45) is 4.99 Å². The highest BCUT2D eigenvalue weighted by atomic mass is 32.1. The maximum Gasteiger partial charge on any atom is 0.338 e. The first-order valence-electron chi connectivity index (χ1n) is 13.8. The lowest BCUT2D eigenvalue weighted by atomic mass is 9.93. The number of nitrogens with zero attached hydrogens (tertiary/aromatic N) is 2. The Kier molecular flexibility index (Phi) is 8.96. The summed E-state index contributed by atoms with van der Waals surface area (Å²) in [5.74, 6) is 1.51. The number of carbonyl (C=O) groups excluding carboxylic acids is 1. The molecule has 0 amide bonds. The lowest BCUT2D eigenvalue weighted by Gasteiger charge is -2.26. The van der Waals surface area contributed by atoms with E-state index in [2.05, 4.69) is 0 Å². The van der Waals surface area contributed by atoms with Crippen molar-refractivity contribution in [1.82, 2.24) is 4.57 Å². The van der Waals surface area contributed by atoms with Crippen molar-refractivity contribution >= 4 is 29.1 Å². The monoisotopic (exact) mass is 600 g/mol. The van der Waals surface area contributed by atoms with Gasteiger partial charge in [-0.1, -0.05) is 59.9 Å². The van der Waals surface area contributed by atoms with Crippen LogP contribution >= 0.6 is 11.3 Å². The average molecular weight is 601 g/mol. The molecule has 4 aromatic rings. The molecule has 0 saturated carbocycles. The molecule has 5 rings (SSSR count). The number of carbonyl (C=O) groups is 1. The van der Waals surface area contributed by atoms with Crippen molar-refractivity contribution in [1.29, 1.82) is 0 Å². The van der Waals surface area contributed by atoms with Crippen LogP contribution in [0.4, 0.5) is 0 Å². The summed E-state index contributed by atoms with van der Waals surface area (Å²) in [5, 5.41) is 0. The molecule has 0 saturated heterocycles. The molecule has 10 heteroatoms. The van der Waals surface area contributed by atoms with Crippen LogP contribution in [0.5, 0.6) is 23.0 Å². The Morgan fingerprint density at radius 1 is 0.907 bits per heavy atom. The van der Waals surface area contributed by atoms with Crippen molar-refractivity contribution in [3.63, 3.8) is 0 Å². The summed E-state index contributed by atoms with van der Waals surface area (Å²) in [7, 11) is 4.66. The Labute approximate surface area is 252 Å². The number of esters is 1. The van der Waals surface area contributed by atoms with Crippen molar-refractivity contribution in [2.45, 2.75) is 19.9 Å². The molecule has 3 aromatic carbocycles. The molecule has 0 radical (unpaired) electrons. The number of fused-ring (bicyclic) bond motifs is 1. The molecule has 1 aliphatic heterocycles. The minimum Gasteiger partial charge on any atom is -0.493 e. The summed E-state index contributed by atoms with van der Waals surface area (Å²) in [5.41, 5.74) is 2.40. The first-order valence-corrected chi connectivity index (χ1v) is 14.6. The smallest absolute Gasteiger partial charge is 0.338 e. The average Bonchev–Trinajstić information content (AvgIpc) is 3.35. The Hall–Kier alpha value is -4.83. The van der Waals surface area contributed by atoms with Gasteiger partial charge >= 0.3 is 5.97 Å². The van der Waals surface area contributed by atoms with Crippen LogP contribution in [-0.2, 0) is 9.53 Å². The van der Waals surface area contributed by atoms with Crippen LogP contribution in [0.2, 0.25) is 0 Å². The predicted octanol–water partition coefficient (Wildman–Crippen LogP) is 4.36. The van der Waals surface area contributed by atoms with Crippen LogP contribution in [-0.4, -0.2) is 45.1 Å². The zero-order chi connectivity index (χ0) is 30.5. The molecule has 2 heterocycles. The highest BCUT2D eigenvalue weighted by Crippen LogP contribution is 2.38. The molecule has 43 heavy (non-hydrogen) atoms. The van der Waals surface area contributed by atoms with Crippen molar-refractivity contribution in [2.75, 3.05) is 34.5 Å². The number of aromatic nitrogens is 1. The lowest BCUT2D eigenvalue weighted by molar-refractivity contribution is -0.138. The maximum absolute atomic E-state index is 14.3. The molecule has 222 valence electrons. The minimum atomic E-state index is -0.857. The SMILES string of the molecule is CCOC(=O)C1=C(c2ccccc2)N=c2s/c(=C\c3cccc(OC)c3OCC)c(=O)n2[C@H]1c1ccc(OC)c(OC)c1. The molecular weight excluding hydrogens is 568 g/mol. The lowest BCUT2D eigenvalue weighted by Crippen LogP contribution is -2.40. The first-order chi connectivity index (χ1) is 20.9. The van der Waals surface area contributed by atoms with E-state index in [9.17, 15) is 9.59 Å². The fourth-order valence-electron chi connectivity index (χ4n) is 5.03.